The van der Waals surface area contributed by atoms with Crippen LogP contribution in [0.15, 0.2) is 4.79 Å². The highest BCUT2D eigenvalue weighted by molar-refractivity contribution is 5.89. The van der Waals surface area contributed by atoms with E-state index < -0.39 is 46.3 Å². The van der Waals surface area contributed by atoms with Gasteiger partial charge in [0.1, 0.15) is 17.0 Å². The average Bonchev–Trinajstić information content (AvgIpc) is 2.67. The first-order valence-corrected chi connectivity index (χ1v) is 9.06. The number of nitrogens with zero attached hydrogens (tertiary/aromatic N) is 2. The number of hydrogen-bond acceptors (Lipinski definition) is 9. The van der Waals surface area contributed by atoms with Crippen LogP contribution in [0.1, 0.15) is 49.9 Å². The van der Waals surface area contributed by atoms with Gasteiger partial charge in [-0.2, -0.15) is 0 Å². The fourth-order valence-electron chi connectivity index (χ4n) is 3.00. The summed E-state index contributed by atoms with van der Waals surface area (Å²) in [6.07, 6.45) is -0.540. The minimum atomic E-state index is -1.30. The normalized spacial score (nSPS) is 22.1. The maximum atomic E-state index is 12.8. The molecule has 0 aromatic carbocycles. The van der Waals surface area contributed by atoms with Gasteiger partial charge in [0.05, 0.1) is 26.4 Å². The third kappa shape index (κ3) is 4.67. The minimum absolute atomic E-state index is 0.0644. The Kier molecular flexibility index (Phi) is 6.53. The Morgan fingerprint density at radius 3 is 2.55 bits per heavy atom. The highest BCUT2D eigenvalue weighted by Gasteiger charge is 2.47. The summed E-state index contributed by atoms with van der Waals surface area (Å²) in [6, 6.07) is 0. The monoisotopic (exact) mass is 413 g/mol. The number of aromatic amines is 1. The van der Waals surface area contributed by atoms with Crippen LogP contribution < -0.4 is 5.56 Å². The number of aromatic nitrogens is 2. The molecule has 1 saturated heterocycles. The van der Waals surface area contributed by atoms with Gasteiger partial charge in [-0.15, -0.1) is 0 Å². The van der Waals surface area contributed by atoms with Crippen molar-refractivity contribution < 1.29 is 34.0 Å². The lowest BCUT2D eigenvalue weighted by Crippen LogP contribution is -2.56. The Morgan fingerprint density at radius 1 is 1.41 bits per heavy atom. The van der Waals surface area contributed by atoms with Crippen molar-refractivity contribution in [2.45, 2.75) is 50.9 Å². The summed E-state index contributed by atoms with van der Waals surface area (Å²) in [4.78, 5) is 44.7. The number of nitrogens with one attached hydrogen (secondary N) is 1. The van der Waals surface area contributed by atoms with Gasteiger partial charge in [0, 0.05) is 7.05 Å². The maximum Gasteiger partial charge on any atom is 0.410 e. The molecule has 1 aliphatic rings. The number of rotatable bonds is 4. The fourth-order valence-corrected chi connectivity index (χ4v) is 3.00. The number of aromatic hydroxyl groups is 1. The van der Waals surface area contributed by atoms with Gasteiger partial charge in [0.2, 0.25) is 5.75 Å². The first-order valence-electron chi connectivity index (χ1n) is 9.06. The third-order valence-electron chi connectivity index (χ3n) is 4.67. The van der Waals surface area contributed by atoms with Gasteiger partial charge in [-0.05, 0) is 33.6 Å². The molecule has 0 saturated carbocycles. The van der Waals surface area contributed by atoms with Crippen molar-refractivity contribution in [3.05, 3.63) is 21.9 Å². The van der Waals surface area contributed by atoms with Gasteiger partial charge in [-0.25, -0.2) is 14.6 Å². The quantitative estimate of drug-likeness (QED) is 0.599. The molecule has 1 aromatic heterocycles. The fraction of sp³-hybridized carbons (Fsp3) is 0.667. The lowest BCUT2D eigenvalue weighted by atomic mass is 9.87. The van der Waals surface area contributed by atoms with Gasteiger partial charge in [-0.1, -0.05) is 0 Å². The number of carbonyl (C=O) groups excluding carboxylic acids is 2. The summed E-state index contributed by atoms with van der Waals surface area (Å²) in [7, 11) is 2.55. The standard InChI is InChI=1S/C18H27N3O8/c1-17(2,3)29-16(26)21(4)18(7-6-10(8-22)28-9-18)15-19-11(14(25)27-5)12(23)13(24)20-15/h10,22-23H,6-9H2,1-5H3,(H,19,20,24)/t10-,18-/m0/s1. The lowest BCUT2D eigenvalue weighted by molar-refractivity contribution is -0.103. The Hall–Kier alpha value is -2.66. The second kappa shape index (κ2) is 8.37. The van der Waals surface area contributed by atoms with E-state index in [1.807, 2.05) is 0 Å². The zero-order valence-corrected chi connectivity index (χ0v) is 17.1. The van der Waals surface area contributed by atoms with Crippen LogP contribution in [0.25, 0.3) is 0 Å². The zero-order chi connectivity index (χ0) is 22.0. The summed E-state index contributed by atoms with van der Waals surface area (Å²) in [5.41, 5.74) is -3.61. The number of methoxy groups -OCH3 is 1. The highest BCUT2D eigenvalue weighted by atomic mass is 16.6. The molecule has 2 rings (SSSR count). The Bertz CT molecular complexity index is 821. The summed E-state index contributed by atoms with van der Waals surface area (Å²) in [6.45, 7) is 4.79. The molecule has 0 unspecified atom stereocenters. The summed E-state index contributed by atoms with van der Waals surface area (Å²) < 4.78 is 15.7. The SMILES string of the molecule is COC(=O)c1nc([C@]2(N(C)C(=O)OC(C)(C)C)CC[C@@H](CO)OC2)[nH]c(=O)c1O. The molecule has 0 aliphatic carbocycles. The number of aliphatic hydroxyl groups is 1. The van der Waals surface area contributed by atoms with E-state index in [4.69, 9.17) is 9.47 Å². The van der Waals surface area contributed by atoms with Crippen molar-refractivity contribution >= 4 is 12.1 Å². The molecule has 29 heavy (non-hydrogen) atoms. The third-order valence-corrected chi connectivity index (χ3v) is 4.67. The van der Waals surface area contributed by atoms with Crippen LogP contribution in [0, 0.1) is 0 Å². The number of amides is 1. The molecular weight excluding hydrogens is 386 g/mol. The van der Waals surface area contributed by atoms with Crippen molar-refractivity contribution in [1.82, 2.24) is 14.9 Å². The minimum Gasteiger partial charge on any atom is -0.501 e. The molecule has 1 aliphatic heterocycles. The summed E-state index contributed by atoms with van der Waals surface area (Å²) in [5.74, 6) is -1.96. The molecule has 1 aromatic rings. The van der Waals surface area contributed by atoms with E-state index in [1.54, 1.807) is 20.8 Å². The van der Waals surface area contributed by atoms with Gasteiger partial charge in [-0.3, -0.25) is 9.69 Å². The van der Waals surface area contributed by atoms with Crippen molar-refractivity contribution in [2.75, 3.05) is 27.4 Å². The van der Waals surface area contributed by atoms with Crippen LogP contribution in [0.4, 0.5) is 4.79 Å². The molecule has 0 bridgehead atoms. The number of esters is 1. The topological polar surface area (TPSA) is 151 Å². The summed E-state index contributed by atoms with van der Waals surface area (Å²) in [5, 5.41) is 19.3. The average molecular weight is 413 g/mol. The van der Waals surface area contributed by atoms with E-state index in [0.29, 0.717) is 6.42 Å². The number of hydrogen-bond donors (Lipinski definition) is 3. The number of aliphatic hydroxyl groups excluding tert-OH is 1. The van der Waals surface area contributed by atoms with Crippen LogP contribution in [0.2, 0.25) is 0 Å². The molecule has 3 N–H and O–H groups in total. The first kappa shape index (κ1) is 22.6. The second-order valence-electron chi connectivity index (χ2n) is 7.83. The largest absolute Gasteiger partial charge is 0.501 e. The van der Waals surface area contributed by atoms with Crippen LogP contribution in [0.5, 0.6) is 5.75 Å². The molecular formula is C18H27N3O8. The van der Waals surface area contributed by atoms with Crippen molar-refractivity contribution in [3.8, 4) is 5.75 Å². The van der Waals surface area contributed by atoms with E-state index >= 15 is 0 Å². The molecule has 0 spiro atoms. The number of carbonyl (C=O) groups is 2. The number of H-pyrrole nitrogens is 1. The van der Waals surface area contributed by atoms with Crippen molar-refractivity contribution in [2.24, 2.45) is 0 Å². The lowest BCUT2D eigenvalue weighted by Gasteiger charge is -2.44. The van der Waals surface area contributed by atoms with E-state index in [0.717, 1.165) is 7.11 Å². The van der Waals surface area contributed by atoms with Crippen molar-refractivity contribution in [1.29, 1.82) is 0 Å². The van der Waals surface area contributed by atoms with Crippen LogP contribution in [-0.2, 0) is 19.7 Å². The molecule has 1 amide bonds. The molecule has 11 heteroatoms. The molecule has 0 radical (unpaired) electrons. The van der Waals surface area contributed by atoms with Gasteiger partial charge < -0.3 is 29.4 Å². The predicted molar refractivity (Wildman–Crippen MR) is 99.6 cm³/mol. The molecule has 11 nitrogen and oxygen atoms in total. The number of likely N-dealkylation sites (N-methyl/N-ethyl adjacent to an activating group) is 1. The Balaban J connectivity index is 2.57. The molecule has 1 fully saturated rings. The van der Waals surface area contributed by atoms with Gasteiger partial charge >= 0.3 is 12.1 Å². The molecule has 2 heterocycles. The zero-order valence-electron chi connectivity index (χ0n) is 17.1. The first-order chi connectivity index (χ1) is 13.4. The van der Waals surface area contributed by atoms with Gasteiger partial charge in [0.15, 0.2) is 5.69 Å². The van der Waals surface area contributed by atoms with Crippen LogP contribution >= 0.6 is 0 Å². The maximum absolute atomic E-state index is 12.8. The van der Waals surface area contributed by atoms with Crippen LogP contribution in [0.3, 0.4) is 0 Å². The second-order valence-corrected chi connectivity index (χ2v) is 7.83. The van der Waals surface area contributed by atoms with E-state index in [-0.39, 0.29) is 25.5 Å². The van der Waals surface area contributed by atoms with E-state index in [9.17, 15) is 24.6 Å². The number of ether oxygens (including phenoxy) is 3. The summed E-state index contributed by atoms with van der Waals surface area (Å²) >= 11 is 0. The van der Waals surface area contributed by atoms with Crippen LogP contribution in [-0.4, -0.2) is 76.2 Å². The Labute approximate surface area is 167 Å². The molecule has 162 valence electrons. The van der Waals surface area contributed by atoms with E-state index in [1.165, 1.54) is 11.9 Å². The highest BCUT2D eigenvalue weighted by Crippen LogP contribution is 2.37. The van der Waals surface area contributed by atoms with Gasteiger partial charge in [0.25, 0.3) is 5.56 Å². The predicted octanol–water partition coefficient (Wildman–Crippen LogP) is 0.496. The van der Waals surface area contributed by atoms with Crippen molar-refractivity contribution in [3.63, 3.8) is 0 Å². The van der Waals surface area contributed by atoms with E-state index in [2.05, 4.69) is 14.7 Å². The molecule has 2 atom stereocenters. The Morgan fingerprint density at radius 2 is 2.07 bits per heavy atom. The smallest absolute Gasteiger partial charge is 0.410 e.